The Hall–Kier alpha value is -3.80. The van der Waals surface area contributed by atoms with Crippen molar-refractivity contribution in [1.29, 1.82) is 0 Å². The van der Waals surface area contributed by atoms with E-state index in [2.05, 4.69) is 15.3 Å². The molecule has 6 nitrogen and oxygen atoms in total. The summed E-state index contributed by atoms with van der Waals surface area (Å²) >= 11 is 0. The molecule has 0 bridgehead atoms. The number of rotatable bonds is 5. The number of nitrogens with one attached hydrogen (secondary N) is 1. The first-order chi connectivity index (χ1) is 13.1. The van der Waals surface area contributed by atoms with Crippen LogP contribution in [0.15, 0.2) is 90.2 Å². The summed E-state index contributed by atoms with van der Waals surface area (Å²) in [6.45, 7) is 0. The first kappa shape index (κ1) is 18.0. The maximum atomic E-state index is 12.8. The minimum absolute atomic E-state index is 0.0946. The van der Waals surface area contributed by atoms with Crippen molar-refractivity contribution in [3.8, 4) is 0 Å². The number of carbonyl (C=O) groups is 2. The lowest BCUT2D eigenvalue weighted by Crippen LogP contribution is -2.34. The fourth-order valence-electron chi connectivity index (χ4n) is 2.50. The van der Waals surface area contributed by atoms with Gasteiger partial charge in [0, 0.05) is 18.0 Å². The molecule has 0 saturated carbocycles. The van der Waals surface area contributed by atoms with Gasteiger partial charge in [0.25, 0.3) is 11.8 Å². The molecule has 2 amide bonds. The Morgan fingerprint density at radius 1 is 0.889 bits per heavy atom. The average Bonchev–Trinajstić information content (AvgIpc) is 2.73. The van der Waals surface area contributed by atoms with Crippen LogP contribution < -0.4 is 11.1 Å². The zero-order chi connectivity index (χ0) is 19.1. The van der Waals surface area contributed by atoms with Crippen LogP contribution >= 0.6 is 0 Å². The quantitative estimate of drug-likeness (QED) is 0.541. The smallest absolute Gasteiger partial charge is 0.274 e. The Morgan fingerprint density at radius 2 is 1.52 bits per heavy atom. The Bertz CT molecular complexity index is 942. The molecule has 0 aliphatic carbocycles. The molecular weight excluding hydrogens is 340 g/mol. The summed E-state index contributed by atoms with van der Waals surface area (Å²) in [6, 6.07) is 20.2. The van der Waals surface area contributed by atoms with E-state index in [4.69, 9.17) is 5.73 Å². The summed E-state index contributed by atoms with van der Waals surface area (Å²) < 4.78 is 0. The van der Waals surface area contributed by atoms with Gasteiger partial charge < -0.3 is 11.1 Å². The van der Waals surface area contributed by atoms with Crippen LogP contribution in [0.5, 0.6) is 0 Å². The summed E-state index contributed by atoms with van der Waals surface area (Å²) in [4.78, 5) is 33.2. The van der Waals surface area contributed by atoms with Crippen LogP contribution in [0, 0.1) is 0 Å². The topological polar surface area (TPSA) is 97.4 Å². The van der Waals surface area contributed by atoms with Gasteiger partial charge in [-0.15, -0.1) is 0 Å². The minimum atomic E-state index is -0.957. The van der Waals surface area contributed by atoms with E-state index in [0.29, 0.717) is 16.7 Å². The summed E-state index contributed by atoms with van der Waals surface area (Å²) in [5, 5.41) is 2.72. The van der Waals surface area contributed by atoms with Gasteiger partial charge in [0.05, 0.1) is 5.56 Å². The van der Waals surface area contributed by atoms with Gasteiger partial charge in [-0.1, -0.05) is 60.7 Å². The van der Waals surface area contributed by atoms with Crippen molar-refractivity contribution in [2.45, 2.75) is 6.04 Å². The number of nitrogens with two attached hydrogens (primary N) is 1. The fraction of sp³-hybridized carbons (Fsp3) is 0.0476. The molecular formula is C21H18N4O2. The first-order valence-electron chi connectivity index (χ1n) is 8.34. The molecule has 3 N–H and O–H groups in total. The summed E-state index contributed by atoms with van der Waals surface area (Å²) in [6.07, 6.45) is 3.00. The number of amides is 2. The molecule has 1 aromatic heterocycles. The van der Waals surface area contributed by atoms with E-state index >= 15 is 0 Å². The minimum Gasteiger partial charge on any atom is -0.383 e. The highest BCUT2D eigenvalue weighted by atomic mass is 16.2. The second kappa shape index (κ2) is 8.53. The molecule has 0 spiro atoms. The Morgan fingerprint density at radius 3 is 2.15 bits per heavy atom. The van der Waals surface area contributed by atoms with Crippen molar-refractivity contribution < 1.29 is 9.59 Å². The normalized spacial score (nSPS) is 12.2. The molecule has 134 valence electrons. The molecule has 0 radical (unpaired) electrons. The summed E-state index contributed by atoms with van der Waals surface area (Å²) in [5.74, 6) is -0.879. The molecule has 0 saturated heterocycles. The fourth-order valence-corrected chi connectivity index (χ4v) is 2.50. The van der Waals surface area contributed by atoms with E-state index in [1.807, 2.05) is 12.1 Å². The van der Waals surface area contributed by atoms with Gasteiger partial charge in [-0.3, -0.25) is 14.6 Å². The second-order valence-corrected chi connectivity index (χ2v) is 5.76. The van der Waals surface area contributed by atoms with Gasteiger partial charge in [-0.2, -0.15) is 4.99 Å². The monoisotopic (exact) mass is 358 g/mol. The van der Waals surface area contributed by atoms with Gasteiger partial charge in [0.1, 0.15) is 11.9 Å². The lowest BCUT2D eigenvalue weighted by molar-refractivity contribution is -0.119. The molecule has 2 aromatic carbocycles. The molecule has 0 fully saturated rings. The zero-order valence-corrected chi connectivity index (χ0v) is 14.4. The predicted octanol–water partition coefficient (Wildman–Crippen LogP) is 2.48. The maximum absolute atomic E-state index is 12.8. The van der Waals surface area contributed by atoms with Gasteiger partial charge in [0.15, 0.2) is 0 Å². The lowest BCUT2D eigenvalue weighted by Gasteiger charge is -2.16. The van der Waals surface area contributed by atoms with Crippen LogP contribution in [0.2, 0.25) is 0 Å². The van der Waals surface area contributed by atoms with Crippen LogP contribution in [0.3, 0.4) is 0 Å². The van der Waals surface area contributed by atoms with Crippen molar-refractivity contribution in [2.75, 3.05) is 0 Å². The van der Waals surface area contributed by atoms with Crippen molar-refractivity contribution in [3.05, 3.63) is 102 Å². The SMILES string of the molecule is NC(=NC(=O)C(NC(=O)c1cccnc1)c1ccccc1)c1ccccc1. The number of aliphatic imine (C=N–C) groups is 1. The Kier molecular flexibility index (Phi) is 5.69. The van der Waals surface area contributed by atoms with E-state index in [-0.39, 0.29) is 5.84 Å². The highest BCUT2D eigenvalue weighted by Crippen LogP contribution is 2.16. The molecule has 0 aliphatic heterocycles. The molecule has 3 rings (SSSR count). The molecule has 3 aromatic rings. The van der Waals surface area contributed by atoms with E-state index in [1.54, 1.807) is 66.9 Å². The van der Waals surface area contributed by atoms with Crippen molar-refractivity contribution in [3.63, 3.8) is 0 Å². The first-order valence-corrected chi connectivity index (χ1v) is 8.34. The van der Waals surface area contributed by atoms with Gasteiger partial charge in [0.2, 0.25) is 0 Å². The molecule has 1 atom stereocenters. The van der Waals surface area contributed by atoms with E-state index < -0.39 is 17.9 Å². The summed E-state index contributed by atoms with van der Waals surface area (Å²) in [5.41, 5.74) is 7.56. The zero-order valence-electron chi connectivity index (χ0n) is 14.4. The number of carbonyl (C=O) groups excluding carboxylic acids is 2. The lowest BCUT2D eigenvalue weighted by atomic mass is 10.1. The predicted molar refractivity (Wildman–Crippen MR) is 103 cm³/mol. The number of hydrogen-bond acceptors (Lipinski definition) is 3. The molecule has 1 heterocycles. The molecule has 1 unspecified atom stereocenters. The standard InChI is InChI=1S/C21H18N4O2/c22-19(16-10-5-2-6-11-16)25-21(27)18(15-8-3-1-4-9-15)24-20(26)17-12-7-13-23-14-17/h1-14,18H,(H,24,26)(H2,22,25,27). The highest BCUT2D eigenvalue weighted by Gasteiger charge is 2.23. The number of benzene rings is 2. The van der Waals surface area contributed by atoms with Crippen LogP contribution in [0.25, 0.3) is 0 Å². The summed E-state index contributed by atoms with van der Waals surface area (Å²) in [7, 11) is 0. The van der Waals surface area contributed by atoms with E-state index in [0.717, 1.165) is 0 Å². The van der Waals surface area contributed by atoms with Crippen LogP contribution in [-0.4, -0.2) is 22.6 Å². The number of pyridine rings is 1. The van der Waals surface area contributed by atoms with Gasteiger partial charge in [-0.05, 0) is 17.7 Å². The third-order valence-electron chi connectivity index (χ3n) is 3.88. The highest BCUT2D eigenvalue weighted by molar-refractivity contribution is 6.06. The van der Waals surface area contributed by atoms with Crippen molar-refractivity contribution in [1.82, 2.24) is 10.3 Å². The Labute approximate surface area is 156 Å². The molecule has 27 heavy (non-hydrogen) atoms. The third-order valence-corrected chi connectivity index (χ3v) is 3.88. The largest absolute Gasteiger partial charge is 0.383 e. The van der Waals surface area contributed by atoms with Crippen LogP contribution in [-0.2, 0) is 4.79 Å². The number of amidine groups is 1. The van der Waals surface area contributed by atoms with Crippen LogP contribution in [0.1, 0.15) is 27.5 Å². The van der Waals surface area contributed by atoms with E-state index in [9.17, 15) is 9.59 Å². The van der Waals surface area contributed by atoms with Crippen LogP contribution in [0.4, 0.5) is 0 Å². The molecule has 6 heteroatoms. The van der Waals surface area contributed by atoms with Crippen molar-refractivity contribution in [2.24, 2.45) is 10.7 Å². The van der Waals surface area contributed by atoms with E-state index in [1.165, 1.54) is 6.20 Å². The third kappa shape index (κ3) is 4.64. The number of nitrogens with zero attached hydrogens (tertiary/aromatic N) is 2. The van der Waals surface area contributed by atoms with Gasteiger partial charge >= 0.3 is 0 Å². The van der Waals surface area contributed by atoms with Crippen molar-refractivity contribution >= 4 is 17.6 Å². The molecule has 0 aliphatic rings. The average molecular weight is 358 g/mol. The Balaban J connectivity index is 1.88. The van der Waals surface area contributed by atoms with Gasteiger partial charge in [-0.25, -0.2) is 0 Å². The second-order valence-electron chi connectivity index (χ2n) is 5.76. The number of aromatic nitrogens is 1. The maximum Gasteiger partial charge on any atom is 0.274 e. The number of hydrogen-bond donors (Lipinski definition) is 2.